The second-order valence-electron chi connectivity index (χ2n) is 5.35. The summed E-state index contributed by atoms with van der Waals surface area (Å²) in [5.74, 6) is -37.2. The van der Waals surface area contributed by atoms with E-state index in [1.807, 2.05) is 0 Å². The molecule has 0 aromatic rings. The molecule has 0 saturated carbocycles. The minimum atomic E-state index is -7.68. The first kappa shape index (κ1) is 23.0. The molecule has 1 aliphatic heterocycles. The van der Waals surface area contributed by atoms with Gasteiger partial charge < -0.3 is 4.74 Å². The second kappa shape index (κ2) is 6.23. The summed E-state index contributed by atoms with van der Waals surface area (Å²) in [5.41, 5.74) is 0. The molecule has 1 aliphatic rings. The van der Waals surface area contributed by atoms with E-state index in [4.69, 9.17) is 0 Å². The van der Waals surface area contributed by atoms with Crippen molar-refractivity contribution in [2.75, 3.05) is 0 Å². The Labute approximate surface area is 141 Å². The van der Waals surface area contributed by atoms with Crippen LogP contribution in [0, 0.1) is 0 Å². The molecule has 0 radical (unpaired) electrons. The maximum absolute atomic E-state index is 13.5. The number of alkyl halides is 13. The van der Waals surface area contributed by atoms with Gasteiger partial charge in [-0.2, -0.15) is 52.7 Å². The van der Waals surface area contributed by atoms with Crippen molar-refractivity contribution in [2.45, 2.75) is 60.4 Å². The first-order valence-electron chi connectivity index (χ1n) is 6.37. The molecule has 0 aliphatic carbocycles. The highest BCUT2D eigenvalue weighted by molar-refractivity contribution is 6.22. The third kappa shape index (κ3) is 3.28. The average molecular weight is 435 g/mol. The van der Waals surface area contributed by atoms with Crippen molar-refractivity contribution < 1.29 is 62.2 Å². The fourth-order valence-corrected chi connectivity index (χ4v) is 2.06. The number of halogens is 13. The lowest BCUT2D eigenvalue weighted by atomic mass is 9.91. The third-order valence-corrected chi connectivity index (χ3v) is 3.69. The van der Waals surface area contributed by atoms with E-state index in [0.29, 0.717) is 0 Å². The maximum atomic E-state index is 13.5. The summed E-state index contributed by atoms with van der Waals surface area (Å²) in [5, 5.41) is -6.47. The van der Waals surface area contributed by atoms with Crippen LogP contribution in [0.15, 0.2) is 0 Å². The highest BCUT2D eigenvalue weighted by atomic mass is 35.5. The third-order valence-electron chi connectivity index (χ3n) is 3.45. The van der Waals surface area contributed by atoms with Gasteiger partial charge in [-0.05, 0) is 18.0 Å². The molecule has 0 bridgehead atoms. The normalized spacial score (nSPS) is 21.1. The summed E-state index contributed by atoms with van der Waals surface area (Å²) < 4.78 is 161. The van der Waals surface area contributed by atoms with E-state index in [-0.39, 0.29) is 0 Å². The zero-order valence-corrected chi connectivity index (χ0v) is 12.7. The molecule has 0 spiro atoms. The quantitative estimate of drug-likeness (QED) is 0.317. The molecule has 15 heteroatoms. The van der Waals surface area contributed by atoms with Crippen LogP contribution in [0.4, 0.5) is 52.7 Å². The summed E-state index contributed by atoms with van der Waals surface area (Å²) in [4.78, 5) is 10.7. The summed E-state index contributed by atoms with van der Waals surface area (Å²) >= 11 is 3.55. The molecular formula is C11H7ClF12O2. The van der Waals surface area contributed by atoms with Crippen LogP contribution in [0.5, 0.6) is 0 Å². The number of rotatable bonds is 7. The topological polar surface area (TPSA) is 26.3 Å². The number of carbonyl (C=O) groups excluding carboxylic acids is 1. The van der Waals surface area contributed by atoms with Gasteiger partial charge in [-0.1, -0.05) is 0 Å². The molecule has 1 heterocycles. The van der Waals surface area contributed by atoms with Crippen molar-refractivity contribution in [1.82, 2.24) is 0 Å². The van der Waals surface area contributed by atoms with E-state index < -0.39 is 66.3 Å². The van der Waals surface area contributed by atoms with Crippen LogP contribution >= 0.6 is 11.6 Å². The van der Waals surface area contributed by atoms with Crippen molar-refractivity contribution in [3.8, 4) is 0 Å². The van der Waals surface area contributed by atoms with E-state index in [1.54, 1.807) is 0 Å². The van der Waals surface area contributed by atoms with Crippen LogP contribution < -0.4 is 0 Å². The van der Waals surface area contributed by atoms with Gasteiger partial charge in [0.1, 0.15) is 6.10 Å². The average Bonchev–Trinajstić information content (AvgIpc) is 2.81. The number of esters is 1. The fourth-order valence-electron chi connectivity index (χ4n) is 1.94. The lowest BCUT2D eigenvalue weighted by Crippen LogP contribution is -2.70. The van der Waals surface area contributed by atoms with Crippen molar-refractivity contribution in [3.05, 3.63) is 0 Å². The Morgan fingerprint density at radius 3 is 1.58 bits per heavy atom. The molecule has 1 unspecified atom stereocenters. The molecule has 0 aromatic carbocycles. The smallest absolute Gasteiger partial charge is 0.393 e. The van der Waals surface area contributed by atoms with Gasteiger partial charge in [0, 0.05) is 6.42 Å². The van der Waals surface area contributed by atoms with E-state index >= 15 is 0 Å². The lowest BCUT2D eigenvalue weighted by Gasteiger charge is -2.40. The Morgan fingerprint density at radius 1 is 0.808 bits per heavy atom. The molecular weight excluding hydrogens is 428 g/mol. The summed E-state index contributed by atoms with van der Waals surface area (Å²) in [7, 11) is 0. The van der Waals surface area contributed by atoms with Crippen molar-refractivity contribution in [1.29, 1.82) is 0 Å². The van der Waals surface area contributed by atoms with E-state index in [0.717, 1.165) is 0 Å². The predicted octanol–water partition coefficient (Wildman–Crippen LogP) is 5.09. The van der Waals surface area contributed by atoms with E-state index in [1.165, 1.54) is 0 Å². The number of hydrogen-bond donors (Lipinski definition) is 0. The molecule has 1 saturated heterocycles. The Kier molecular flexibility index (Phi) is 5.50. The van der Waals surface area contributed by atoms with Gasteiger partial charge in [-0.25, -0.2) is 0 Å². The number of cyclic esters (lactones) is 1. The number of hydrogen-bond acceptors (Lipinski definition) is 2. The van der Waals surface area contributed by atoms with Crippen LogP contribution in [-0.2, 0) is 9.53 Å². The summed E-state index contributed by atoms with van der Waals surface area (Å²) in [6.07, 6.45) is -5.76. The standard InChI is InChI=1S/C11H7ClF12O2/c12-11(23,24)10(21,22)9(19,20)8(17,18)7(15,16)6(13,14)3-4-1-2-5(25)26-4/h4H,1-3H2. The molecule has 2 nitrogen and oxygen atoms in total. The van der Waals surface area contributed by atoms with E-state index in [2.05, 4.69) is 16.3 Å². The Bertz CT molecular complexity index is 556. The predicted molar refractivity (Wildman–Crippen MR) is 59.3 cm³/mol. The van der Waals surface area contributed by atoms with Crippen LogP contribution in [-0.4, -0.2) is 47.1 Å². The maximum Gasteiger partial charge on any atom is 0.393 e. The zero-order valence-electron chi connectivity index (χ0n) is 11.9. The molecule has 1 atom stereocenters. The van der Waals surface area contributed by atoms with Gasteiger partial charge in [0.15, 0.2) is 0 Å². The van der Waals surface area contributed by atoms with Crippen molar-refractivity contribution in [3.63, 3.8) is 0 Å². The van der Waals surface area contributed by atoms with Crippen LogP contribution in [0.1, 0.15) is 19.3 Å². The monoisotopic (exact) mass is 434 g/mol. The highest BCUT2D eigenvalue weighted by Crippen LogP contribution is 2.61. The molecule has 0 N–H and O–H groups in total. The Balaban J connectivity index is 3.27. The second-order valence-corrected chi connectivity index (χ2v) is 5.83. The Hall–Kier alpha value is -1.08. The fraction of sp³-hybridized carbons (Fsp3) is 0.909. The molecule has 1 fully saturated rings. The molecule has 0 amide bonds. The van der Waals surface area contributed by atoms with Gasteiger partial charge in [0.2, 0.25) is 0 Å². The van der Waals surface area contributed by atoms with Crippen LogP contribution in [0.2, 0.25) is 0 Å². The minimum Gasteiger partial charge on any atom is -0.462 e. The van der Waals surface area contributed by atoms with Gasteiger partial charge in [-0.15, -0.1) is 0 Å². The van der Waals surface area contributed by atoms with Crippen molar-refractivity contribution in [2.24, 2.45) is 0 Å². The first-order chi connectivity index (χ1) is 11.2. The van der Waals surface area contributed by atoms with Gasteiger partial charge >= 0.3 is 41.0 Å². The van der Waals surface area contributed by atoms with Crippen LogP contribution in [0.3, 0.4) is 0 Å². The first-order valence-corrected chi connectivity index (χ1v) is 6.75. The number of carbonyl (C=O) groups is 1. The van der Waals surface area contributed by atoms with Gasteiger partial charge in [0.25, 0.3) is 0 Å². The minimum absolute atomic E-state index is 0.574. The number of ether oxygens (including phenoxy) is 1. The van der Waals surface area contributed by atoms with Gasteiger partial charge in [-0.3, -0.25) is 4.79 Å². The largest absolute Gasteiger partial charge is 0.462 e. The van der Waals surface area contributed by atoms with Crippen molar-refractivity contribution >= 4 is 17.6 Å². The summed E-state index contributed by atoms with van der Waals surface area (Å²) in [6, 6.07) is 0. The lowest BCUT2D eigenvalue weighted by molar-refractivity contribution is -0.418. The molecule has 26 heavy (non-hydrogen) atoms. The molecule has 1 rings (SSSR count). The molecule has 154 valence electrons. The van der Waals surface area contributed by atoms with E-state index in [9.17, 15) is 57.5 Å². The summed E-state index contributed by atoms with van der Waals surface area (Å²) in [6.45, 7) is 0. The van der Waals surface area contributed by atoms with Crippen LogP contribution in [0.25, 0.3) is 0 Å². The Morgan fingerprint density at radius 2 is 1.23 bits per heavy atom. The van der Waals surface area contributed by atoms with Gasteiger partial charge in [0.05, 0.1) is 6.42 Å². The molecule has 0 aromatic heterocycles. The zero-order chi connectivity index (χ0) is 21.0. The highest BCUT2D eigenvalue weighted by Gasteiger charge is 2.90. The SMILES string of the molecule is O=C1CCC(CC(F)(F)C(F)(F)C(F)(F)C(F)(F)C(F)(F)C(F)(F)Cl)O1.